The van der Waals surface area contributed by atoms with E-state index in [0.29, 0.717) is 11.8 Å². The van der Waals surface area contributed by atoms with Gasteiger partial charge in [0.15, 0.2) is 0 Å². The summed E-state index contributed by atoms with van der Waals surface area (Å²) in [6.45, 7) is 3.79. The van der Waals surface area contributed by atoms with Crippen LogP contribution in [0, 0.1) is 10.1 Å². The minimum atomic E-state index is -0.391. The summed E-state index contributed by atoms with van der Waals surface area (Å²) in [7, 11) is 0. The summed E-state index contributed by atoms with van der Waals surface area (Å²) in [6, 6.07) is 4.84. The van der Waals surface area contributed by atoms with E-state index in [4.69, 9.17) is 0 Å². The number of nitrogens with one attached hydrogen (secondary N) is 1. The Labute approximate surface area is 113 Å². The van der Waals surface area contributed by atoms with Crippen molar-refractivity contribution in [3.8, 4) is 0 Å². The lowest BCUT2D eigenvalue weighted by molar-refractivity contribution is -0.384. The zero-order valence-corrected chi connectivity index (χ0v) is 12.2. The molecule has 0 aliphatic heterocycles. The first kappa shape index (κ1) is 14.5. The number of thioether (sulfide) groups is 1. The highest BCUT2D eigenvalue weighted by Gasteiger charge is 2.08. The Morgan fingerprint density at radius 3 is 2.82 bits per heavy atom. The Balaban J connectivity index is 2.57. The predicted molar refractivity (Wildman–Crippen MR) is 75.5 cm³/mol. The summed E-state index contributed by atoms with van der Waals surface area (Å²) in [4.78, 5) is 10.2. The average molecular weight is 319 g/mol. The Bertz CT molecular complexity index is 401. The molecule has 0 heterocycles. The minimum absolute atomic E-state index is 0.109. The molecule has 0 fully saturated rings. The van der Waals surface area contributed by atoms with Crippen LogP contribution in [0.25, 0.3) is 0 Å². The van der Waals surface area contributed by atoms with Gasteiger partial charge in [0.2, 0.25) is 0 Å². The molecule has 6 heteroatoms. The van der Waals surface area contributed by atoms with E-state index in [9.17, 15) is 10.1 Å². The summed E-state index contributed by atoms with van der Waals surface area (Å²) in [5, 5.41) is 14.5. The van der Waals surface area contributed by atoms with Crippen molar-refractivity contribution in [2.75, 3.05) is 12.8 Å². The van der Waals surface area contributed by atoms with Crippen molar-refractivity contribution < 1.29 is 4.92 Å². The lowest BCUT2D eigenvalue weighted by Crippen LogP contribution is -2.22. The van der Waals surface area contributed by atoms with E-state index in [1.54, 1.807) is 17.8 Å². The maximum atomic E-state index is 10.6. The lowest BCUT2D eigenvalue weighted by Gasteiger charge is -2.10. The number of nitro groups is 1. The fourth-order valence-electron chi connectivity index (χ4n) is 1.29. The first-order valence-electron chi connectivity index (χ1n) is 5.21. The van der Waals surface area contributed by atoms with Gasteiger partial charge < -0.3 is 5.32 Å². The van der Waals surface area contributed by atoms with Gasteiger partial charge in [-0.25, -0.2) is 0 Å². The number of non-ortho nitro benzene ring substituents is 1. The number of benzene rings is 1. The Morgan fingerprint density at radius 1 is 1.59 bits per heavy atom. The summed E-state index contributed by atoms with van der Waals surface area (Å²) in [6.07, 6.45) is 2.08. The Morgan fingerprint density at radius 2 is 2.29 bits per heavy atom. The number of halogens is 1. The average Bonchev–Trinajstić information content (AvgIpc) is 2.30. The molecular weight excluding hydrogens is 304 g/mol. The second-order valence-electron chi connectivity index (χ2n) is 3.71. The number of nitro benzene ring substituents is 1. The normalized spacial score (nSPS) is 12.4. The molecule has 0 saturated heterocycles. The standard InChI is InChI=1S/C11H15BrN2O2S/c1-8(17-2)6-13-7-9-3-4-10(14(15)16)5-11(9)12/h3-5,8,13H,6-7H2,1-2H3. The molecule has 0 aromatic heterocycles. The van der Waals surface area contributed by atoms with Gasteiger partial charge in [-0.2, -0.15) is 11.8 Å². The van der Waals surface area contributed by atoms with Crippen molar-refractivity contribution in [3.63, 3.8) is 0 Å². The van der Waals surface area contributed by atoms with Gasteiger partial charge in [-0.1, -0.05) is 22.9 Å². The van der Waals surface area contributed by atoms with Crippen LogP contribution in [-0.2, 0) is 6.54 Å². The van der Waals surface area contributed by atoms with E-state index in [1.807, 2.05) is 0 Å². The first-order valence-corrected chi connectivity index (χ1v) is 7.29. The van der Waals surface area contributed by atoms with E-state index in [-0.39, 0.29) is 5.69 Å². The second kappa shape index (κ2) is 6.98. The highest BCUT2D eigenvalue weighted by atomic mass is 79.9. The SMILES string of the molecule is CSC(C)CNCc1ccc([N+](=O)[O-])cc1Br. The van der Waals surface area contributed by atoms with Gasteiger partial charge in [0.1, 0.15) is 0 Å². The molecule has 0 saturated carbocycles. The van der Waals surface area contributed by atoms with Gasteiger partial charge >= 0.3 is 0 Å². The molecule has 1 N–H and O–H groups in total. The highest BCUT2D eigenvalue weighted by molar-refractivity contribution is 9.10. The van der Waals surface area contributed by atoms with Crippen molar-refractivity contribution in [2.24, 2.45) is 0 Å². The number of hydrogen-bond donors (Lipinski definition) is 1. The van der Waals surface area contributed by atoms with Crippen LogP contribution in [0.3, 0.4) is 0 Å². The van der Waals surface area contributed by atoms with E-state index in [2.05, 4.69) is 34.4 Å². The van der Waals surface area contributed by atoms with Crippen molar-refractivity contribution in [3.05, 3.63) is 38.3 Å². The lowest BCUT2D eigenvalue weighted by atomic mass is 10.2. The summed E-state index contributed by atoms with van der Waals surface area (Å²) >= 11 is 5.16. The summed E-state index contributed by atoms with van der Waals surface area (Å²) in [5.74, 6) is 0. The van der Waals surface area contributed by atoms with Crippen molar-refractivity contribution >= 4 is 33.4 Å². The molecule has 1 atom stereocenters. The molecule has 0 amide bonds. The summed E-state index contributed by atoms with van der Waals surface area (Å²) < 4.78 is 0.774. The van der Waals surface area contributed by atoms with Gasteiger partial charge in [-0.05, 0) is 17.9 Å². The maximum absolute atomic E-state index is 10.6. The number of hydrogen-bond acceptors (Lipinski definition) is 4. The zero-order valence-electron chi connectivity index (χ0n) is 9.77. The molecule has 0 aliphatic carbocycles. The molecule has 94 valence electrons. The molecule has 1 unspecified atom stereocenters. The van der Waals surface area contributed by atoms with Crippen LogP contribution in [0.4, 0.5) is 5.69 Å². The number of nitrogens with zero attached hydrogens (tertiary/aromatic N) is 1. The molecule has 17 heavy (non-hydrogen) atoms. The van der Waals surface area contributed by atoms with E-state index >= 15 is 0 Å². The van der Waals surface area contributed by atoms with Gasteiger partial charge in [-0.15, -0.1) is 0 Å². The molecule has 0 aliphatic rings. The fourth-order valence-corrected chi connectivity index (χ4v) is 2.08. The number of rotatable bonds is 6. The fraction of sp³-hybridized carbons (Fsp3) is 0.455. The monoisotopic (exact) mass is 318 g/mol. The molecule has 4 nitrogen and oxygen atoms in total. The maximum Gasteiger partial charge on any atom is 0.270 e. The summed E-state index contributed by atoms with van der Waals surface area (Å²) in [5.41, 5.74) is 1.14. The van der Waals surface area contributed by atoms with Gasteiger partial charge in [0.25, 0.3) is 5.69 Å². The van der Waals surface area contributed by atoms with E-state index < -0.39 is 4.92 Å². The molecule has 0 radical (unpaired) electrons. The van der Waals surface area contributed by atoms with E-state index in [0.717, 1.165) is 16.6 Å². The Kier molecular flexibility index (Phi) is 5.94. The third-order valence-electron chi connectivity index (χ3n) is 2.40. The van der Waals surface area contributed by atoms with Crippen molar-refractivity contribution in [1.82, 2.24) is 5.32 Å². The minimum Gasteiger partial charge on any atom is -0.312 e. The quantitative estimate of drug-likeness (QED) is 0.646. The largest absolute Gasteiger partial charge is 0.312 e. The predicted octanol–water partition coefficient (Wildman–Crippen LogP) is 3.20. The van der Waals surface area contributed by atoms with Crippen LogP contribution in [0.15, 0.2) is 22.7 Å². The van der Waals surface area contributed by atoms with E-state index in [1.165, 1.54) is 12.1 Å². The van der Waals surface area contributed by atoms with Crippen molar-refractivity contribution in [1.29, 1.82) is 0 Å². The molecule has 1 aromatic carbocycles. The van der Waals surface area contributed by atoms with Gasteiger partial charge in [0.05, 0.1) is 4.92 Å². The second-order valence-corrected chi connectivity index (χ2v) is 5.84. The van der Waals surface area contributed by atoms with Crippen LogP contribution in [0.5, 0.6) is 0 Å². The Hall–Kier alpha value is -0.590. The smallest absolute Gasteiger partial charge is 0.270 e. The topological polar surface area (TPSA) is 55.2 Å². The third kappa shape index (κ3) is 4.65. The zero-order chi connectivity index (χ0) is 12.8. The molecule has 0 bridgehead atoms. The molecular formula is C11H15BrN2O2S. The van der Waals surface area contributed by atoms with Gasteiger partial charge in [0, 0.05) is 34.9 Å². The van der Waals surface area contributed by atoms with Crippen LogP contribution in [0.2, 0.25) is 0 Å². The first-order chi connectivity index (χ1) is 8.04. The van der Waals surface area contributed by atoms with Crippen LogP contribution >= 0.6 is 27.7 Å². The molecule has 1 aromatic rings. The van der Waals surface area contributed by atoms with Crippen LogP contribution in [0.1, 0.15) is 12.5 Å². The highest BCUT2D eigenvalue weighted by Crippen LogP contribution is 2.22. The van der Waals surface area contributed by atoms with Crippen LogP contribution in [-0.4, -0.2) is 23.0 Å². The van der Waals surface area contributed by atoms with Gasteiger partial charge in [-0.3, -0.25) is 10.1 Å². The third-order valence-corrected chi connectivity index (χ3v) is 4.11. The molecule has 1 rings (SSSR count). The molecule has 0 spiro atoms. The van der Waals surface area contributed by atoms with Crippen LogP contribution < -0.4 is 5.32 Å². The van der Waals surface area contributed by atoms with Crippen molar-refractivity contribution in [2.45, 2.75) is 18.7 Å².